The van der Waals surface area contributed by atoms with Crippen molar-refractivity contribution in [3.05, 3.63) is 59.7 Å². The molecule has 118 valence electrons. The molecule has 0 aromatic heterocycles. The third kappa shape index (κ3) is 6.16. The SMILES string of the molecule is COc1ccc(CC(=O)Cl)cc1OC.NCc1ccccc1. The van der Waals surface area contributed by atoms with Crippen molar-refractivity contribution in [1.29, 1.82) is 0 Å². The van der Waals surface area contributed by atoms with Crippen LogP contribution in [0.15, 0.2) is 48.5 Å². The van der Waals surface area contributed by atoms with Crippen molar-refractivity contribution < 1.29 is 14.3 Å². The smallest absolute Gasteiger partial charge is 0.226 e. The number of ether oxygens (including phenoxy) is 2. The molecule has 4 nitrogen and oxygen atoms in total. The Labute approximate surface area is 135 Å². The second-order valence-electron chi connectivity index (χ2n) is 4.41. The van der Waals surface area contributed by atoms with Crippen LogP contribution in [0.1, 0.15) is 11.1 Å². The van der Waals surface area contributed by atoms with E-state index in [-0.39, 0.29) is 6.42 Å². The molecule has 2 rings (SSSR count). The lowest BCUT2D eigenvalue weighted by Crippen LogP contribution is -1.96. The van der Waals surface area contributed by atoms with Crippen LogP contribution in [-0.2, 0) is 17.8 Å². The summed E-state index contributed by atoms with van der Waals surface area (Å²) in [4.78, 5) is 10.7. The van der Waals surface area contributed by atoms with Crippen LogP contribution in [0.5, 0.6) is 11.5 Å². The molecular formula is C17H20ClNO3. The van der Waals surface area contributed by atoms with Crippen molar-refractivity contribution >= 4 is 16.8 Å². The molecule has 2 aromatic rings. The third-order valence-corrected chi connectivity index (χ3v) is 3.00. The maximum absolute atomic E-state index is 10.7. The zero-order chi connectivity index (χ0) is 16.4. The van der Waals surface area contributed by atoms with Gasteiger partial charge < -0.3 is 15.2 Å². The average Bonchev–Trinajstić information content (AvgIpc) is 2.55. The van der Waals surface area contributed by atoms with Crippen molar-refractivity contribution in [1.82, 2.24) is 0 Å². The molecule has 0 atom stereocenters. The zero-order valence-corrected chi connectivity index (χ0v) is 13.5. The highest BCUT2D eigenvalue weighted by atomic mass is 35.5. The first-order chi connectivity index (χ1) is 10.6. The molecule has 0 aliphatic rings. The van der Waals surface area contributed by atoms with Crippen molar-refractivity contribution in [3.8, 4) is 11.5 Å². The fourth-order valence-electron chi connectivity index (χ4n) is 1.77. The van der Waals surface area contributed by atoms with Gasteiger partial charge in [0.2, 0.25) is 5.24 Å². The van der Waals surface area contributed by atoms with E-state index in [9.17, 15) is 4.79 Å². The minimum absolute atomic E-state index is 0.196. The first kappa shape index (κ1) is 18.0. The molecule has 0 spiro atoms. The monoisotopic (exact) mass is 321 g/mol. The Balaban J connectivity index is 0.000000255. The molecule has 0 unspecified atom stereocenters. The van der Waals surface area contributed by atoms with Crippen molar-refractivity contribution in [2.75, 3.05) is 14.2 Å². The van der Waals surface area contributed by atoms with E-state index in [1.807, 2.05) is 30.3 Å². The zero-order valence-electron chi connectivity index (χ0n) is 12.7. The van der Waals surface area contributed by atoms with Gasteiger partial charge in [-0.15, -0.1) is 0 Å². The number of benzene rings is 2. The van der Waals surface area contributed by atoms with E-state index in [0.717, 1.165) is 5.56 Å². The summed E-state index contributed by atoms with van der Waals surface area (Å²) < 4.78 is 10.1. The van der Waals surface area contributed by atoms with Gasteiger partial charge in [0.05, 0.1) is 14.2 Å². The van der Waals surface area contributed by atoms with Crippen LogP contribution in [0.25, 0.3) is 0 Å². The van der Waals surface area contributed by atoms with Crippen LogP contribution >= 0.6 is 11.6 Å². The molecule has 0 saturated carbocycles. The van der Waals surface area contributed by atoms with Crippen LogP contribution in [0, 0.1) is 0 Å². The largest absolute Gasteiger partial charge is 0.493 e. The number of carbonyl (C=O) groups excluding carboxylic acids is 1. The van der Waals surface area contributed by atoms with Crippen LogP contribution in [0.3, 0.4) is 0 Å². The predicted octanol–water partition coefficient (Wildman–Crippen LogP) is 3.16. The highest BCUT2D eigenvalue weighted by Gasteiger charge is 2.06. The van der Waals surface area contributed by atoms with Gasteiger partial charge in [-0.2, -0.15) is 0 Å². The molecule has 0 fully saturated rings. The molecule has 2 N–H and O–H groups in total. The quantitative estimate of drug-likeness (QED) is 0.859. The first-order valence-corrected chi connectivity index (χ1v) is 7.11. The molecule has 0 heterocycles. The summed E-state index contributed by atoms with van der Waals surface area (Å²) in [7, 11) is 3.11. The highest BCUT2D eigenvalue weighted by Crippen LogP contribution is 2.27. The first-order valence-electron chi connectivity index (χ1n) is 6.74. The van der Waals surface area contributed by atoms with Gasteiger partial charge >= 0.3 is 0 Å². The van der Waals surface area contributed by atoms with Crippen LogP contribution in [0.4, 0.5) is 0 Å². The molecule has 0 bridgehead atoms. The van der Waals surface area contributed by atoms with Gasteiger partial charge in [-0.25, -0.2) is 0 Å². The minimum atomic E-state index is -0.391. The third-order valence-electron chi connectivity index (χ3n) is 2.87. The van der Waals surface area contributed by atoms with E-state index in [0.29, 0.717) is 18.0 Å². The number of carbonyl (C=O) groups is 1. The fourth-order valence-corrected chi connectivity index (χ4v) is 1.92. The number of methoxy groups -OCH3 is 2. The van der Waals surface area contributed by atoms with Crippen LogP contribution in [-0.4, -0.2) is 19.5 Å². The van der Waals surface area contributed by atoms with Crippen LogP contribution in [0.2, 0.25) is 0 Å². The Hall–Kier alpha value is -2.04. The Morgan fingerprint density at radius 3 is 2.09 bits per heavy atom. The summed E-state index contributed by atoms with van der Waals surface area (Å²) in [6.45, 7) is 0.640. The lowest BCUT2D eigenvalue weighted by Gasteiger charge is -2.08. The Kier molecular flexibility index (Phi) is 8.04. The van der Waals surface area contributed by atoms with Crippen LogP contribution < -0.4 is 15.2 Å². The second kappa shape index (κ2) is 9.82. The maximum atomic E-state index is 10.7. The van der Waals surface area contributed by atoms with Gasteiger partial charge in [-0.3, -0.25) is 4.79 Å². The molecule has 0 saturated heterocycles. The van der Waals surface area contributed by atoms with Crippen molar-refractivity contribution in [2.45, 2.75) is 13.0 Å². The topological polar surface area (TPSA) is 61.5 Å². The fraction of sp³-hybridized carbons (Fsp3) is 0.235. The number of nitrogens with two attached hydrogens (primary N) is 1. The number of hydrogen-bond donors (Lipinski definition) is 1. The molecule has 0 radical (unpaired) electrons. The molecule has 0 amide bonds. The molecular weight excluding hydrogens is 302 g/mol. The lowest BCUT2D eigenvalue weighted by atomic mass is 10.1. The minimum Gasteiger partial charge on any atom is -0.493 e. The molecule has 5 heteroatoms. The van der Waals surface area contributed by atoms with Gasteiger partial charge in [0.25, 0.3) is 0 Å². The summed E-state index contributed by atoms with van der Waals surface area (Å²) in [5, 5.41) is -0.391. The maximum Gasteiger partial charge on any atom is 0.226 e. The molecule has 22 heavy (non-hydrogen) atoms. The summed E-state index contributed by atoms with van der Waals surface area (Å²) in [5.41, 5.74) is 7.35. The summed E-state index contributed by atoms with van der Waals surface area (Å²) in [5.74, 6) is 1.24. The van der Waals surface area contributed by atoms with Gasteiger partial charge in [0.1, 0.15) is 0 Å². The standard InChI is InChI=1S/C10H11ClO3.C7H9N/c1-13-8-4-3-7(6-10(11)12)5-9(8)14-2;8-6-7-4-2-1-3-5-7/h3-5H,6H2,1-2H3;1-5H,6,8H2. The van der Waals surface area contributed by atoms with Gasteiger partial charge in [0.15, 0.2) is 11.5 Å². The van der Waals surface area contributed by atoms with Crippen molar-refractivity contribution in [2.24, 2.45) is 5.73 Å². The normalized spacial score (nSPS) is 9.45. The number of halogens is 1. The molecule has 0 aliphatic heterocycles. The Morgan fingerprint density at radius 1 is 1.00 bits per heavy atom. The van der Waals surface area contributed by atoms with E-state index < -0.39 is 5.24 Å². The lowest BCUT2D eigenvalue weighted by molar-refractivity contribution is -0.111. The Morgan fingerprint density at radius 2 is 1.64 bits per heavy atom. The van der Waals surface area contributed by atoms with Gasteiger partial charge in [0, 0.05) is 13.0 Å². The van der Waals surface area contributed by atoms with Gasteiger partial charge in [-0.1, -0.05) is 36.4 Å². The summed E-state index contributed by atoms with van der Waals surface area (Å²) >= 11 is 5.27. The molecule has 2 aromatic carbocycles. The van der Waals surface area contributed by atoms with E-state index in [4.69, 9.17) is 26.8 Å². The van der Waals surface area contributed by atoms with E-state index in [2.05, 4.69) is 0 Å². The average molecular weight is 322 g/mol. The highest BCUT2D eigenvalue weighted by molar-refractivity contribution is 6.63. The summed E-state index contributed by atoms with van der Waals surface area (Å²) in [6.07, 6.45) is 0.196. The van der Waals surface area contributed by atoms with Gasteiger partial charge in [-0.05, 0) is 34.9 Å². The number of rotatable bonds is 5. The van der Waals surface area contributed by atoms with E-state index in [1.165, 1.54) is 5.56 Å². The predicted molar refractivity (Wildman–Crippen MR) is 88.4 cm³/mol. The van der Waals surface area contributed by atoms with Crippen molar-refractivity contribution in [3.63, 3.8) is 0 Å². The van der Waals surface area contributed by atoms with E-state index in [1.54, 1.807) is 32.4 Å². The Bertz CT molecular complexity index is 588. The second-order valence-corrected chi connectivity index (χ2v) is 4.83. The number of hydrogen-bond acceptors (Lipinski definition) is 4. The molecule has 0 aliphatic carbocycles. The van der Waals surface area contributed by atoms with E-state index >= 15 is 0 Å². The summed E-state index contributed by atoms with van der Waals surface area (Å²) in [6, 6.07) is 15.2.